The second-order valence-electron chi connectivity index (χ2n) is 6.65. The summed E-state index contributed by atoms with van der Waals surface area (Å²) < 4.78 is 6.66. The van der Waals surface area contributed by atoms with Crippen LogP contribution in [0.5, 0.6) is 5.75 Å². The van der Waals surface area contributed by atoms with E-state index in [2.05, 4.69) is 38.4 Å². The summed E-state index contributed by atoms with van der Waals surface area (Å²) in [6, 6.07) is 6.46. The average Bonchev–Trinajstić information content (AvgIpc) is 2.57. The number of nitrogens with zero attached hydrogens (tertiary/aromatic N) is 1. The van der Waals surface area contributed by atoms with E-state index in [1.165, 1.54) is 19.3 Å². The molecular weight excluding hydrogens is 370 g/mol. The Morgan fingerprint density at radius 2 is 2.25 bits per heavy atom. The van der Waals surface area contributed by atoms with Gasteiger partial charge in [-0.25, -0.2) is 4.79 Å². The Hall–Kier alpha value is -1.27. The van der Waals surface area contributed by atoms with Gasteiger partial charge in [0.1, 0.15) is 5.75 Å². The summed E-state index contributed by atoms with van der Waals surface area (Å²) in [5.74, 6) is 0.858. The number of piperidine rings is 1. The van der Waals surface area contributed by atoms with Crippen molar-refractivity contribution in [3.8, 4) is 5.75 Å². The zero-order valence-corrected chi connectivity index (χ0v) is 15.8. The van der Waals surface area contributed by atoms with Crippen LogP contribution in [0.3, 0.4) is 0 Å². The van der Waals surface area contributed by atoms with Gasteiger partial charge in [0.05, 0.1) is 12.6 Å². The van der Waals surface area contributed by atoms with Crippen molar-refractivity contribution < 1.29 is 9.53 Å². The minimum Gasteiger partial charge on any atom is -0.493 e. The average molecular weight is 396 g/mol. The van der Waals surface area contributed by atoms with Gasteiger partial charge >= 0.3 is 6.03 Å². The van der Waals surface area contributed by atoms with E-state index in [-0.39, 0.29) is 12.1 Å². The summed E-state index contributed by atoms with van der Waals surface area (Å²) >= 11 is 3.49. The molecule has 1 aromatic carbocycles. The Morgan fingerprint density at radius 3 is 3.08 bits per heavy atom. The fraction of sp³-hybridized carbons (Fsp3) is 0.611. The summed E-state index contributed by atoms with van der Waals surface area (Å²) in [6.07, 6.45) is 4.65. The normalized spacial score (nSPS) is 23.9. The molecule has 3 rings (SSSR count). The largest absolute Gasteiger partial charge is 0.493 e. The van der Waals surface area contributed by atoms with Crippen molar-refractivity contribution in [2.24, 2.45) is 0 Å². The molecule has 0 unspecified atom stereocenters. The number of amides is 2. The highest BCUT2D eigenvalue weighted by atomic mass is 79.9. The number of benzene rings is 1. The zero-order valence-electron chi connectivity index (χ0n) is 14.2. The van der Waals surface area contributed by atoms with Crippen LogP contribution in [0, 0.1) is 0 Å². The molecule has 1 aromatic rings. The maximum absolute atomic E-state index is 12.2. The van der Waals surface area contributed by atoms with Crippen molar-refractivity contribution in [2.75, 3.05) is 26.2 Å². The minimum absolute atomic E-state index is 0.000148. The van der Waals surface area contributed by atoms with Gasteiger partial charge in [0.25, 0.3) is 0 Å². The summed E-state index contributed by atoms with van der Waals surface area (Å²) in [5, 5.41) is 6.08. The van der Waals surface area contributed by atoms with Crippen LogP contribution in [0.4, 0.5) is 4.79 Å². The van der Waals surface area contributed by atoms with Gasteiger partial charge in [-0.05, 0) is 44.5 Å². The van der Waals surface area contributed by atoms with E-state index in [0.717, 1.165) is 35.3 Å². The number of rotatable bonds is 4. The smallest absolute Gasteiger partial charge is 0.315 e. The molecule has 132 valence electrons. The third kappa shape index (κ3) is 4.42. The van der Waals surface area contributed by atoms with Crippen LogP contribution in [-0.2, 0) is 0 Å². The summed E-state index contributed by atoms with van der Waals surface area (Å²) in [4.78, 5) is 14.7. The molecule has 1 saturated heterocycles. The lowest BCUT2D eigenvalue weighted by Crippen LogP contribution is -2.45. The van der Waals surface area contributed by atoms with Crippen LogP contribution in [0.2, 0.25) is 0 Å². The predicted molar refractivity (Wildman–Crippen MR) is 98.4 cm³/mol. The number of halogens is 1. The van der Waals surface area contributed by atoms with Crippen LogP contribution in [0.1, 0.15) is 44.2 Å². The lowest BCUT2D eigenvalue weighted by Gasteiger charge is -2.33. The Labute approximate surface area is 152 Å². The molecule has 1 fully saturated rings. The van der Waals surface area contributed by atoms with Crippen molar-refractivity contribution in [1.29, 1.82) is 0 Å². The third-order valence-electron chi connectivity index (χ3n) is 4.94. The minimum atomic E-state index is -0.0995. The lowest BCUT2D eigenvalue weighted by atomic mass is 10.0. The molecule has 0 aliphatic carbocycles. The molecule has 0 bridgehead atoms. The highest BCUT2D eigenvalue weighted by molar-refractivity contribution is 9.10. The Morgan fingerprint density at radius 1 is 1.38 bits per heavy atom. The van der Waals surface area contributed by atoms with Gasteiger partial charge < -0.3 is 15.4 Å². The van der Waals surface area contributed by atoms with E-state index in [0.29, 0.717) is 19.2 Å². The lowest BCUT2D eigenvalue weighted by molar-refractivity contribution is 0.161. The highest BCUT2D eigenvalue weighted by Crippen LogP contribution is 2.33. The standard InChI is InChI=1S/C18H26BrN3O2/c1-13-4-2-3-9-22(13)10-8-20-18(23)21-16-7-11-24-17-6-5-14(19)12-15(16)17/h5-6,12-13,16H,2-4,7-11H2,1H3,(H2,20,21,23)/t13-,16+/m0/s1. The van der Waals surface area contributed by atoms with Gasteiger partial charge in [-0.15, -0.1) is 0 Å². The molecule has 2 aliphatic heterocycles. The first kappa shape index (κ1) is 17.5. The van der Waals surface area contributed by atoms with Crippen molar-refractivity contribution in [3.05, 3.63) is 28.2 Å². The maximum atomic E-state index is 12.2. The van der Waals surface area contributed by atoms with Gasteiger partial charge in [-0.2, -0.15) is 0 Å². The number of fused-ring (bicyclic) bond motifs is 1. The van der Waals surface area contributed by atoms with Crippen LogP contribution in [-0.4, -0.2) is 43.2 Å². The second-order valence-corrected chi connectivity index (χ2v) is 7.57. The number of hydrogen-bond donors (Lipinski definition) is 2. The number of urea groups is 1. The molecule has 2 atom stereocenters. The second kappa shape index (κ2) is 8.21. The molecule has 0 spiro atoms. The third-order valence-corrected chi connectivity index (χ3v) is 5.44. The van der Waals surface area contributed by atoms with Crippen molar-refractivity contribution in [1.82, 2.24) is 15.5 Å². The van der Waals surface area contributed by atoms with E-state index >= 15 is 0 Å². The Bertz CT molecular complexity index is 581. The molecular formula is C18H26BrN3O2. The number of ether oxygens (including phenoxy) is 1. The van der Waals surface area contributed by atoms with Crippen LogP contribution in [0.15, 0.2) is 22.7 Å². The number of carbonyl (C=O) groups excluding carboxylic acids is 1. The SMILES string of the molecule is C[C@H]1CCCCN1CCNC(=O)N[C@@H]1CCOc2ccc(Br)cc21. The fourth-order valence-electron chi connectivity index (χ4n) is 3.53. The molecule has 2 amide bonds. The van der Waals surface area contributed by atoms with Crippen LogP contribution in [0.25, 0.3) is 0 Å². The fourth-order valence-corrected chi connectivity index (χ4v) is 3.91. The van der Waals surface area contributed by atoms with Gasteiger partial charge in [0.2, 0.25) is 0 Å². The molecule has 2 N–H and O–H groups in total. The molecule has 6 heteroatoms. The topological polar surface area (TPSA) is 53.6 Å². The van der Waals surface area contributed by atoms with Crippen molar-refractivity contribution >= 4 is 22.0 Å². The predicted octanol–water partition coefficient (Wildman–Crippen LogP) is 3.45. The molecule has 5 nitrogen and oxygen atoms in total. The van der Waals surface area contributed by atoms with Gasteiger partial charge in [0.15, 0.2) is 0 Å². The number of likely N-dealkylation sites (tertiary alicyclic amines) is 1. The molecule has 0 saturated carbocycles. The number of nitrogens with one attached hydrogen (secondary N) is 2. The van der Waals surface area contributed by atoms with Crippen molar-refractivity contribution in [2.45, 2.75) is 44.7 Å². The zero-order chi connectivity index (χ0) is 16.9. The molecule has 24 heavy (non-hydrogen) atoms. The highest BCUT2D eigenvalue weighted by Gasteiger charge is 2.23. The van der Waals surface area contributed by atoms with Crippen molar-refractivity contribution in [3.63, 3.8) is 0 Å². The Balaban J connectivity index is 1.48. The van der Waals surface area contributed by atoms with E-state index < -0.39 is 0 Å². The Kier molecular flexibility index (Phi) is 6.00. The first-order chi connectivity index (χ1) is 11.6. The van der Waals surface area contributed by atoms with E-state index in [1.54, 1.807) is 0 Å². The monoisotopic (exact) mass is 395 g/mol. The summed E-state index contributed by atoms with van der Waals surface area (Å²) in [5.41, 5.74) is 1.04. The van der Waals surface area contributed by atoms with E-state index in [1.807, 2.05) is 18.2 Å². The first-order valence-electron chi connectivity index (χ1n) is 8.84. The van der Waals surface area contributed by atoms with E-state index in [9.17, 15) is 4.79 Å². The number of hydrogen-bond acceptors (Lipinski definition) is 3. The maximum Gasteiger partial charge on any atom is 0.315 e. The van der Waals surface area contributed by atoms with Crippen LogP contribution < -0.4 is 15.4 Å². The molecule has 2 aliphatic rings. The summed E-state index contributed by atoms with van der Waals surface area (Å²) in [7, 11) is 0. The van der Waals surface area contributed by atoms with Gasteiger partial charge in [-0.1, -0.05) is 22.4 Å². The summed E-state index contributed by atoms with van der Waals surface area (Å²) in [6.45, 7) is 5.65. The molecule has 0 aromatic heterocycles. The van der Waals surface area contributed by atoms with Gasteiger partial charge in [0, 0.05) is 35.6 Å². The molecule has 0 radical (unpaired) electrons. The number of carbonyl (C=O) groups is 1. The molecule has 2 heterocycles. The first-order valence-corrected chi connectivity index (χ1v) is 9.63. The van der Waals surface area contributed by atoms with Crippen LogP contribution >= 0.6 is 15.9 Å². The van der Waals surface area contributed by atoms with E-state index in [4.69, 9.17) is 4.74 Å². The van der Waals surface area contributed by atoms with Gasteiger partial charge in [-0.3, -0.25) is 4.90 Å². The quantitative estimate of drug-likeness (QED) is 0.820.